The van der Waals surface area contributed by atoms with Crippen molar-refractivity contribution < 1.29 is 23.8 Å². The van der Waals surface area contributed by atoms with Crippen molar-refractivity contribution in [2.45, 2.75) is 18.4 Å². The lowest BCUT2D eigenvalue weighted by Crippen LogP contribution is -2.42. The van der Waals surface area contributed by atoms with E-state index in [2.05, 4.69) is 5.32 Å². The first-order chi connectivity index (χ1) is 17.0. The number of hydrogen-bond donors (Lipinski definition) is 2. The second kappa shape index (κ2) is 9.72. The maximum Gasteiger partial charge on any atom is 0.407 e. The van der Waals surface area contributed by atoms with E-state index in [4.69, 9.17) is 4.74 Å². The van der Waals surface area contributed by atoms with Crippen LogP contribution in [0.1, 0.15) is 21.9 Å². The van der Waals surface area contributed by atoms with Gasteiger partial charge in [-0.25, -0.2) is 14.0 Å². The molecule has 0 bridgehead atoms. The van der Waals surface area contributed by atoms with Gasteiger partial charge in [-0.1, -0.05) is 66.7 Å². The van der Waals surface area contributed by atoms with Gasteiger partial charge in [0, 0.05) is 27.7 Å². The summed E-state index contributed by atoms with van der Waals surface area (Å²) in [6.45, 7) is 0.0998. The summed E-state index contributed by atoms with van der Waals surface area (Å²) in [5.41, 5.74) is 4.85. The van der Waals surface area contributed by atoms with E-state index in [0.29, 0.717) is 10.4 Å². The van der Waals surface area contributed by atoms with E-state index in [1.165, 1.54) is 17.4 Å². The van der Waals surface area contributed by atoms with Crippen LogP contribution in [0.4, 0.5) is 9.18 Å². The number of thiophene rings is 1. The van der Waals surface area contributed by atoms with Crippen molar-refractivity contribution in [1.82, 2.24) is 5.32 Å². The average molecular weight is 488 g/mol. The molecule has 1 unspecified atom stereocenters. The number of carbonyl (C=O) groups excluding carboxylic acids is 1. The Kier molecular flexibility index (Phi) is 6.33. The molecule has 5 rings (SSSR count). The van der Waals surface area contributed by atoms with Crippen molar-refractivity contribution >= 4 is 23.4 Å². The Morgan fingerprint density at radius 3 is 2.11 bits per heavy atom. The Morgan fingerprint density at radius 1 is 0.886 bits per heavy atom. The summed E-state index contributed by atoms with van der Waals surface area (Å²) in [5.74, 6) is -1.62. The Morgan fingerprint density at radius 2 is 1.49 bits per heavy atom. The van der Waals surface area contributed by atoms with Gasteiger partial charge in [0.25, 0.3) is 0 Å². The minimum atomic E-state index is -1.17. The Hall–Kier alpha value is -3.97. The van der Waals surface area contributed by atoms with Crippen LogP contribution in [0.3, 0.4) is 0 Å². The number of fused-ring (bicyclic) bond motifs is 3. The van der Waals surface area contributed by atoms with Crippen LogP contribution in [0.5, 0.6) is 0 Å². The molecule has 35 heavy (non-hydrogen) atoms. The number of amides is 1. The summed E-state index contributed by atoms with van der Waals surface area (Å²) in [4.78, 5) is 25.8. The van der Waals surface area contributed by atoms with Crippen molar-refractivity contribution in [1.29, 1.82) is 0 Å². The molecule has 1 aliphatic carbocycles. The molecule has 176 valence electrons. The summed E-state index contributed by atoms with van der Waals surface area (Å²) in [7, 11) is 0. The summed E-state index contributed by atoms with van der Waals surface area (Å²) in [6.07, 6.45) is -0.719. The Balaban J connectivity index is 1.25. The summed E-state index contributed by atoms with van der Waals surface area (Å²) < 4.78 is 19.6. The van der Waals surface area contributed by atoms with E-state index in [9.17, 15) is 19.1 Å². The van der Waals surface area contributed by atoms with Gasteiger partial charge in [-0.2, -0.15) is 0 Å². The van der Waals surface area contributed by atoms with E-state index >= 15 is 0 Å². The van der Waals surface area contributed by atoms with Gasteiger partial charge >= 0.3 is 12.1 Å². The molecule has 0 saturated carbocycles. The molecule has 5 nitrogen and oxygen atoms in total. The predicted octanol–water partition coefficient (Wildman–Crippen LogP) is 6.09. The van der Waals surface area contributed by atoms with Crippen LogP contribution in [-0.2, 0) is 16.0 Å². The number of aliphatic carboxylic acids is 1. The van der Waals surface area contributed by atoms with Crippen molar-refractivity contribution in [3.8, 4) is 21.6 Å². The van der Waals surface area contributed by atoms with Crippen molar-refractivity contribution in [2.24, 2.45) is 0 Å². The molecule has 1 heterocycles. The molecule has 3 aromatic carbocycles. The third-order valence-corrected chi connectivity index (χ3v) is 7.28. The zero-order valence-corrected chi connectivity index (χ0v) is 19.4. The zero-order valence-electron chi connectivity index (χ0n) is 18.6. The van der Waals surface area contributed by atoms with Crippen LogP contribution in [0, 0.1) is 5.82 Å². The fourth-order valence-corrected chi connectivity index (χ4v) is 5.56. The van der Waals surface area contributed by atoms with E-state index in [-0.39, 0.29) is 24.8 Å². The lowest BCUT2D eigenvalue weighted by molar-refractivity contribution is -0.139. The minimum absolute atomic E-state index is 0.0681. The van der Waals surface area contributed by atoms with Gasteiger partial charge in [0.2, 0.25) is 0 Å². The van der Waals surface area contributed by atoms with Gasteiger partial charge in [-0.3, -0.25) is 0 Å². The number of nitrogens with one attached hydrogen (secondary N) is 1. The minimum Gasteiger partial charge on any atom is -0.480 e. The molecule has 7 heteroatoms. The molecule has 0 aliphatic heterocycles. The van der Waals surface area contributed by atoms with Crippen LogP contribution < -0.4 is 5.32 Å². The second-order valence-electron chi connectivity index (χ2n) is 8.31. The van der Waals surface area contributed by atoms with Gasteiger partial charge in [-0.15, -0.1) is 11.3 Å². The standard InChI is InChI=1S/C28H22FNO4S/c29-24-12-6-5-11-22(24)26-14-13-17(35-26)15-25(27(31)32)30-28(33)34-16-23-20-9-3-1-7-18(20)19-8-2-4-10-21(19)23/h1-14,23,25H,15-16H2,(H,30,33)(H,31,32). The molecule has 2 N–H and O–H groups in total. The van der Waals surface area contributed by atoms with Crippen LogP contribution in [-0.4, -0.2) is 29.8 Å². The first-order valence-corrected chi connectivity index (χ1v) is 12.0. The lowest BCUT2D eigenvalue weighted by atomic mass is 9.98. The SMILES string of the molecule is O=C(NC(Cc1ccc(-c2ccccc2F)s1)C(=O)O)OCC1c2ccccc2-c2ccccc21. The molecule has 1 aliphatic rings. The second-order valence-corrected chi connectivity index (χ2v) is 9.48. The zero-order chi connectivity index (χ0) is 24.4. The third kappa shape index (κ3) is 4.68. The van der Waals surface area contributed by atoms with E-state index in [0.717, 1.165) is 27.1 Å². The van der Waals surface area contributed by atoms with Crippen LogP contribution in [0.15, 0.2) is 84.9 Å². The number of benzene rings is 3. The molecule has 0 fully saturated rings. The Bertz CT molecular complexity index is 1350. The molecular weight excluding hydrogens is 465 g/mol. The molecule has 1 amide bonds. The quantitative estimate of drug-likeness (QED) is 0.331. The number of carbonyl (C=O) groups is 2. The number of carboxylic acid groups (broad SMARTS) is 1. The van der Waals surface area contributed by atoms with Gasteiger partial charge in [-0.05, 0) is 40.5 Å². The van der Waals surface area contributed by atoms with Gasteiger partial charge in [0.1, 0.15) is 18.5 Å². The number of ether oxygens (including phenoxy) is 1. The molecule has 1 atom stereocenters. The topological polar surface area (TPSA) is 75.6 Å². The molecular formula is C28H22FNO4S. The third-order valence-electron chi connectivity index (χ3n) is 6.14. The van der Waals surface area contributed by atoms with Crippen LogP contribution in [0.2, 0.25) is 0 Å². The molecule has 0 saturated heterocycles. The van der Waals surface area contributed by atoms with Gasteiger partial charge < -0.3 is 15.2 Å². The first kappa shape index (κ1) is 22.8. The fourth-order valence-electron chi connectivity index (χ4n) is 4.48. The summed E-state index contributed by atoms with van der Waals surface area (Å²) >= 11 is 1.30. The van der Waals surface area contributed by atoms with Gasteiger partial charge in [0.15, 0.2) is 0 Å². The number of halogens is 1. The molecule has 0 spiro atoms. The predicted molar refractivity (Wildman–Crippen MR) is 133 cm³/mol. The smallest absolute Gasteiger partial charge is 0.407 e. The highest BCUT2D eigenvalue weighted by Gasteiger charge is 2.30. The van der Waals surface area contributed by atoms with E-state index in [1.54, 1.807) is 30.3 Å². The van der Waals surface area contributed by atoms with E-state index < -0.39 is 18.1 Å². The largest absolute Gasteiger partial charge is 0.480 e. The van der Waals surface area contributed by atoms with Crippen LogP contribution in [0.25, 0.3) is 21.6 Å². The molecule has 1 aromatic heterocycles. The highest BCUT2D eigenvalue weighted by molar-refractivity contribution is 7.15. The number of hydrogen-bond acceptors (Lipinski definition) is 4. The van der Waals surface area contributed by atoms with Crippen molar-refractivity contribution in [3.63, 3.8) is 0 Å². The number of carboxylic acids is 1. The summed E-state index contributed by atoms with van der Waals surface area (Å²) in [6, 6.07) is 24.8. The fraction of sp³-hybridized carbons (Fsp3) is 0.143. The van der Waals surface area contributed by atoms with Crippen LogP contribution >= 0.6 is 11.3 Å². The molecule has 0 radical (unpaired) electrons. The monoisotopic (exact) mass is 487 g/mol. The summed E-state index contributed by atoms with van der Waals surface area (Å²) in [5, 5.41) is 12.1. The van der Waals surface area contributed by atoms with Crippen molar-refractivity contribution in [2.75, 3.05) is 6.61 Å². The molecule has 4 aromatic rings. The first-order valence-electron chi connectivity index (χ1n) is 11.2. The number of alkyl carbamates (subject to hydrolysis) is 1. The Labute approximate surface area is 205 Å². The highest BCUT2D eigenvalue weighted by atomic mass is 32.1. The van der Waals surface area contributed by atoms with E-state index in [1.807, 2.05) is 48.5 Å². The lowest BCUT2D eigenvalue weighted by Gasteiger charge is -2.17. The average Bonchev–Trinajstić information content (AvgIpc) is 3.45. The van der Waals surface area contributed by atoms with Gasteiger partial charge in [0.05, 0.1) is 0 Å². The normalized spacial score (nSPS) is 13.1. The highest BCUT2D eigenvalue weighted by Crippen LogP contribution is 2.44. The van der Waals surface area contributed by atoms with Crippen molar-refractivity contribution in [3.05, 3.63) is 107 Å². The number of rotatable bonds is 7. The maximum absolute atomic E-state index is 14.1. The maximum atomic E-state index is 14.1.